The molecule has 0 spiro atoms. The molecule has 3 rings (SSSR count). The molecule has 2 bridgehead atoms. The zero-order chi connectivity index (χ0) is 12.2. The van der Waals surface area contributed by atoms with Gasteiger partial charge in [-0.25, -0.2) is 0 Å². The van der Waals surface area contributed by atoms with E-state index in [0.29, 0.717) is 18.0 Å². The van der Waals surface area contributed by atoms with Crippen molar-refractivity contribution in [1.29, 1.82) is 0 Å². The van der Waals surface area contributed by atoms with Gasteiger partial charge in [-0.2, -0.15) is 0 Å². The van der Waals surface area contributed by atoms with E-state index in [2.05, 4.69) is 30.6 Å². The van der Waals surface area contributed by atoms with Crippen molar-refractivity contribution in [3.63, 3.8) is 0 Å². The van der Waals surface area contributed by atoms with Gasteiger partial charge in [0.05, 0.1) is 0 Å². The highest BCUT2D eigenvalue weighted by Gasteiger charge is 2.50. The van der Waals surface area contributed by atoms with Gasteiger partial charge in [-0.3, -0.25) is 9.69 Å². The number of carbonyl (C=O) groups is 1. The molecule has 3 aliphatic rings. The zero-order valence-electron chi connectivity index (χ0n) is 11.3. The van der Waals surface area contributed by atoms with Crippen LogP contribution in [-0.4, -0.2) is 46.4 Å². The van der Waals surface area contributed by atoms with Crippen molar-refractivity contribution >= 4 is 5.91 Å². The minimum atomic E-state index is 0.245. The number of likely N-dealkylation sites (tertiary alicyclic amines) is 1. The van der Waals surface area contributed by atoms with Crippen LogP contribution in [0.15, 0.2) is 0 Å². The molecule has 3 heterocycles. The van der Waals surface area contributed by atoms with Crippen LogP contribution in [-0.2, 0) is 4.79 Å². The van der Waals surface area contributed by atoms with Gasteiger partial charge in [-0.1, -0.05) is 0 Å². The lowest BCUT2D eigenvalue weighted by Gasteiger charge is -2.41. The number of rotatable bonds is 0. The molecule has 96 valence electrons. The quantitative estimate of drug-likeness (QED) is 0.641. The summed E-state index contributed by atoms with van der Waals surface area (Å²) in [6.45, 7) is 9.15. The van der Waals surface area contributed by atoms with Gasteiger partial charge in [0.2, 0.25) is 5.91 Å². The molecule has 3 unspecified atom stereocenters. The third kappa shape index (κ3) is 1.79. The summed E-state index contributed by atoms with van der Waals surface area (Å²) in [4.78, 5) is 16.9. The van der Waals surface area contributed by atoms with E-state index in [1.54, 1.807) is 0 Å². The molecule has 0 aromatic rings. The summed E-state index contributed by atoms with van der Waals surface area (Å²) < 4.78 is 0. The lowest BCUT2D eigenvalue weighted by molar-refractivity contribution is -0.136. The Kier molecular flexibility index (Phi) is 2.51. The predicted octanol–water partition coefficient (Wildman–Crippen LogP) is 1.87. The van der Waals surface area contributed by atoms with Crippen LogP contribution in [0.3, 0.4) is 0 Å². The van der Waals surface area contributed by atoms with Gasteiger partial charge in [-0.05, 0) is 46.0 Å². The molecule has 0 radical (unpaired) electrons. The Labute approximate surface area is 104 Å². The van der Waals surface area contributed by atoms with Crippen LogP contribution >= 0.6 is 0 Å². The highest BCUT2D eigenvalue weighted by molar-refractivity contribution is 5.78. The number of carbonyl (C=O) groups excluding carboxylic acids is 1. The van der Waals surface area contributed by atoms with Gasteiger partial charge in [0.1, 0.15) is 0 Å². The van der Waals surface area contributed by atoms with Crippen LogP contribution in [0.25, 0.3) is 0 Å². The van der Waals surface area contributed by atoms with Gasteiger partial charge in [0.15, 0.2) is 0 Å². The Morgan fingerprint density at radius 3 is 2.71 bits per heavy atom. The first-order chi connectivity index (χ1) is 7.97. The maximum Gasteiger partial charge on any atom is 0.223 e. The Bertz CT molecular complexity index is 334. The van der Waals surface area contributed by atoms with Gasteiger partial charge < -0.3 is 4.90 Å². The molecule has 3 atom stereocenters. The first kappa shape index (κ1) is 11.5. The van der Waals surface area contributed by atoms with E-state index < -0.39 is 0 Å². The Balaban J connectivity index is 1.83. The number of hydrogen-bond donors (Lipinski definition) is 0. The molecule has 3 saturated heterocycles. The summed E-state index contributed by atoms with van der Waals surface area (Å²) in [6.07, 6.45) is 4.39. The third-order valence-electron chi connectivity index (χ3n) is 4.88. The molecule has 3 aliphatic heterocycles. The van der Waals surface area contributed by atoms with Gasteiger partial charge in [-0.15, -0.1) is 0 Å². The van der Waals surface area contributed by atoms with Crippen molar-refractivity contribution < 1.29 is 4.79 Å². The van der Waals surface area contributed by atoms with E-state index in [-0.39, 0.29) is 5.54 Å². The standard InChI is InChI=1S/C14H24N2O/c1-14(2,3)15-8-10-7-11(9-15)16-12(10)5-4-6-13(16)17/h10-12H,4-9H2,1-3H3. The number of piperidine rings is 2. The molecule has 0 aliphatic carbocycles. The van der Waals surface area contributed by atoms with E-state index >= 15 is 0 Å². The van der Waals surface area contributed by atoms with Crippen LogP contribution in [0.4, 0.5) is 0 Å². The summed E-state index contributed by atoms with van der Waals surface area (Å²) in [5, 5.41) is 0. The summed E-state index contributed by atoms with van der Waals surface area (Å²) >= 11 is 0. The monoisotopic (exact) mass is 236 g/mol. The molecule has 3 heteroatoms. The summed E-state index contributed by atoms with van der Waals surface area (Å²) in [5.41, 5.74) is 0.245. The predicted molar refractivity (Wildman–Crippen MR) is 67.7 cm³/mol. The van der Waals surface area contributed by atoms with Crippen molar-refractivity contribution in [1.82, 2.24) is 9.80 Å². The zero-order valence-corrected chi connectivity index (χ0v) is 11.3. The van der Waals surface area contributed by atoms with Crippen molar-refractivity contribution in [2.24, 2.45) is 5.92 Å². The fraction of sp³-hybridized carbons (Fsp3) is 0.929. The van der Waals surface area contributed by atoms with Crippen molar-refractivity contribution in [3.05, 3.63) is 0 Å². The molecule has 0 aromatic heterocycles. The average Bonchev–Trinajstić information content (AvgIpc) is 2.51. The minimum Gasteiger partial charge on any atom is -0.335 e. The van der Waals surface area contributed by atoms with E-state index in [4.69, 9.17) is 0 Å². The normalized spacial score (nSPS) is 38.4. The number of fused-ring (bicyclic) bond motifs is 5. The lowest BCUT2D eigenvalue weighted by Crippen LogP contribution is -2.51. The fourth-order valence-electron chi connectivity index (χ4n) is 3.99. The van der Waals surface area contributed by atoms with E-state index in [1.165, 1.54) is 19.4 Å². The van der Waals surface area contributed by atoms with E-state index in [0.717, 1.165) is 25.3 Å². The minimum absolute atomic E-state index is 0.245. The number of hydrogen-bond acceptors (Lipinski definition) is 2. The second-order valence-electron chi connectivity index (χ2n) is 6.99. The highest BCUT2D eigenvalue weighted by atomic mass is 16.2. The fourth-order valence-corrected chi connectivity index (χ4v) is 3.99. The average molecular weight is 236 g/mol. The molecule has 1 amide bonds. The molecule has 0 N–H and O–H groups in total. The molecule has 0 saturated carbocycles. The van der Waals surface area contributed by atoms with Crippen molar-refractivity contribution in [2.75, 3.05) is 13.1 Å². The third-order valence-corrected chi connectivity index (χ3v) is 4.88. The smallest absolute Gasteiger partial charge is 0.223 e. The molecule has 3 nitrogen and oxygen atoms in total. The van der Waals surface area contributed by atoms with Crippen LogP contribution in [0.2, 0.25) is 0 Å². The molecular formula is C14H24N2O. The molecule has 17 heavy (non-hydrogen) atoms. The topological polar surface area (TPSA) is 23.6 Å². The maximum atomic E-state index is 12.1. The summed E-state index contributed by atoms with van der Waals surface area (Å²) in [6, 6.07) is 1.07. The van der Waals surface area contributed by atoms with E-state index in [9.17, 15) is 4.79 Å². The molecule has 0 aromatic carbocycles. The molecule has 3 fully saturated rings. The second-order valence-corrected chi connectivity index (χ2v) is 6.99. The number of nitrogens with zero attached hydrogens (tertiary/aromatic N) is 2. The van der Waals surface area contributed by atoms with Crippen LogP contribution in [0.1, 0.15) is 46.5 Å². The lowest BCUT2D eigenvalue weighted by atomic mass is 9.89. The number of amides is 1. The van der Waals surface area contributed by atoms with Crippen molar-refractivity contribution in [2.45, 2.75) is 64.1 Å². The van der Waals surface area contributed by atoms with Crippen LogP contribution in [0, 0.1) is 5.92 Å². The first-order valence-electron chi connectivity index (χ1n) is 7.03. The van der Waals surface area contributed by atoms with Gasteiger partial charge in [0, 0.05) is 37.1 Å². The Morgan fingerprint density at radius 1 is 1.24 bits per heavy atom. The Hall–Kier alpha value is -0.570. The second kappa shape index (κ2) is 3.71. The van der Waals surface area contributed by atoms with Gasteiger partial charge in [0.25, 0.3) is 0 Å². The summed E-state index contributed by atoms with van der Waals surface area (Å²) in [5.74, 6) is 1.15. The molecular weight excluding hydrogens is 212 g/mol. The van der Waals surface area contributed by atoms with Crippen LogP contribution < -0.4 is 0 Å². The van der Waals surface area contributed by atoms with Gasteiger partial charge >= 0.3 is 0 Å². The highest BCUT2D eigenvalue weighted by Crippen LogP contribution is 2.41. The maximum absolute atomic E-state index is 12.1. The van der Waals surface area contributed by atoms with Crippen LogP contribution in [0.5, 0.6) is 0 Å². The van der Waals surface area contributed by atoms with E-state index in [1.807, 2.05) is 0 Å². The first-order valence-corrected chi connectivity index (χ1v) is 7.03. The van der Waals surface area contributed by atoms with Crippen molar-refractivity contribution in [3.8, 4) is 0 Å². The summed E-state index contributed by atoms with van der Waals surface area (Å²) in [7, 11) is 0. The SMILES string of the molecule is CC(C)(C)N1CC2CC(C1)N1C(=O)CCCC21. The largest absolute Gasteiger partial charge is 0.335 e. The Morgan fingerprint density at radius 2 is 2.00 bits per heavy atom.